The molecule has 0 spiro atoms. The number of hydrogen-bond donors (Lipinski definition) is 1. The summed E-state index contributed by atoms with van der Waals surface area (Å²) in [5.41, 5.74) is -1.14. The van der Waals surface area contributed by atoms with Crippen molar-refractivity contribution >= 4 is 5.97 Å². The van der Waals surface area contributed by atoms with E-state index in [4.69, 9.17) is 9.84 Å². The number of nitrogens with zero attached hydrogens (tertiary/aromatic N) is 2. The maximum Gasteiger partial charge on any atom is 0.346 e. The highest BCUT2D eigenvalue weighted by atomic mass is 16.5. The lowest BCUT2D eigenvalue weighted by Crippen LogP contribution is -2.27. The SMILES string of the molecule is O=C(O)c1c2n(cnc1=O)CCCO2. The Balaban J connectivity index is 2.67. The van der Waals surface area contributed by atoms with Crippen LogP contribution in [0.5, 0.6) is 5.88 Å². The van der Waals surface area contributed by atoms with Crippen LogP contribution in [-0.4, -0.2) is 27.2 Å². The Labute approximate surface area is 78.8 Å². The standard InChI is InChI=1S/C8H8N2O4/c11-6-5(8(12)13)7-10(4-9-6)2-1-3-14-7/h4H,1-3H2,(H,12,13). The molecule has 0 bridgehead atoms. The van der Waals surface area contributed by atoms with Crippen molar-refractivity contribution in [2.75, 3.05) is 6.61 Å². The van der Waals surface area contributed by atoms with Crippen LogP contribution in [-0.2, 0) is 6.54 Å². The summed E-state index contributed by atoms with van der Waals surface area (Å²) in [7, 11) is 0. The first-order chi connectivity index (χ1) is 6.70. The molecule has 0 aliphatic carbocycles. The highest BCUT2D eigenvalue weighted by Gasteiger charge is 2.22. The number of fused-ring (bicyclic) bond motifs is 1. The molecular formula is C8H8N2O4. The van der Waals surface area contributed by atoms with Crippen molar-refractivity contribution in [3.8, 4) is 5.88 Å². The number of aromatic nitrogens is 2. The van der Waals surface area contributed by atoms with E-state index in [1.165, 1.54) is 10.9 Å². The second-order valence-corrected chi connectivity index (χ2v) is 2.93. The Morgan fingerprint density at radius 3 is 3.14 bits per heavy atom. The number of carboxylic acid groups (broad SMARTS) is 1. The van der Waals surface area contributed by atoms with Gasteiger partial charge in [-0.3, -0.25) is 4.79 Å². The first-order valence-electron chi connectivity index (χ1n) is 4.15. The lowest BCUT2D eigenvalue weighted by atomic mass is 10.3. The number of aromatic carboxylic acids is 1. The largest absolute Gasteiger partial charge is 0.478 e. The number of hydrogen-bond acceptors (Lipinski definition) is 4. The fourth-order valence-corrected chi connectivity index (χ4v) is 1.38. The van der Waals surface area contributed by atoms with Crippen LogP contribution in [0.4, 0.5) is 0 Å². The molecule has 1 aromatic rings. The van der Waals surface area contributed by atoms with Crippen LogP contribution in [0.3, 0.4) is 0 Å². The predicted molar refractivity (Wildman–Crippen MR) is 45.6 cm³/mol. The Morgan fingerprint density at radius 1 is 1.64 bits per heavy atom. The van der Waals surface area contributed by atoms with Crippen LogP contribution in [0.25, 0.3) is 0 Å². The van der Waals surface area contributed by atoms with Crippen LogP contribution >= 0.6 is 0 Å². The van der Waals surface area contributed by atoms with E-state index in [1.54, 1.807) is 0 Å². The Bertz CT molecular complexity index is 437. The molecule has 0 unspecified atom stereocenters. The number of aryl methyl sites for hydroxylation is 1. The smallest absolute Gasteiger partial charge is 0.346 e. The fourth-order valence-electron chi connectivity index (χ4n) is 1.38. The second kappa shape index (κ2) is 3.13. The molecule has 1 N–H and O–H groups in total. The van der Waals surface area contributed by atoms with Crippen LogP contribution in [0, 0.1) is 0 Å². The van der Waals surface area contributed by atoms with E-state index in [1.807, 2.05) is 0 Å². The maximum absolute atomic E-state index is 11.1. The van der Waals surface area contributed by atoms with Crippen molar-refractivity contribution in [3.63, 3.8) is 0 Å². The summed E-state index contributed by atoms with van der Waals surface area (Å²) >= 11 is 0. The molecule has 0 saturated heterocycles. The summed E-state index contributed by atoms with van der Waals surface area (Å²) in [6.07, 6.45) is 2.10. The molecule has 2 rings (SSSR count). The lowest BCUT2D eigenvalue weighted by Gasteiger charge is -2.19. The summed E-state index contributed by atoms with van der Waals surface area (Å²) in [6.45, 7) is 1.06. The summed E-state index contributed by atoms with van der Waals surface area (Å²) in [5, 5.41) is 8.79. The van der Waals surface area contributed by atoms with E-state index < -0.39 is 11.5 Å². The van der Waals surface area contributed by atoms with Crippen molar-refractivity contribution in [1.82, 2.24) is 9.55 Å². The quantitative estimate of drug-likeness (QED) is 0.668. The minimum absolute atomic E-state index is 0.115. The molecule has 0 aromatic carbocycles. The minimum atomic E-state index is -1.30. The van der Waals surface area contributed by atoms with Crippen molar-refractivity contribution < 1.29 is 14.6 Å². The Hall–Kier alpha value is -1.85. The highest BCUT2D eigenvalue weighted by molar-refractivity contribution is 5.89. The van der Waals surface area contributed by atoms with Gasteiger partial charge in [-0.15, -0.1) is 0 Å². The highest BCUT2D eigenvalue weighted by Crippen LogP contribution is 2.18. The molecule has 1 aliphatic rings. The maximum atomic E-state index is 11.1. The monoisotopic (exact) mass is 196 g/mol. The van der Waals surface area contributed by atoms with Gasteiger partial charge in [0.25, 0.3) is 5.56 Å². The topological polar surface area (TPSA) is 81.4 Å². The summed E-state index contributed by atoms with van der Waals surface area (Å²) in [4.78, 5) is 25.4. The molecule has 0 atom stereocenters. The van der Waals surface area contributed by atoms with Crippen LogP contribution in [0.1, 0.15) is 16.8 Å². The average molecular weight is 196 g/mol. The van der Waals surface area contributed by atoms with E-state index in [-0.39, 0.29) is 11.4 Å². The first-order valence-corrected chi connectivity index (χ1v) is 4.15. The van der Waals surface area contributed by atoms with Gasteiger partial charge in [-0.1, -0.05) is 0 Å². The molecule has 74 valence electrons. The van der Waals surface area contributed by atoms with Gasteiger partial charge in [0.1, 0.15) is 6.33 Å². The zero-order valence-electron chi connectivity index (χ0n) is 7.27. The van der Waals surface area contributed by atoms with Gasteiger partial charge in [0.05, 0.1) is 6.61 Å². The molecule has 1 aromatic heterocycles. The van der Waals surface area contributed by atoms with Gasteiger partial charge in [-0.05, 0) is 6.42 Å². The number of ether oxygens (including phenoxy) is 1. The molecule has 14 heavy (non-hydrogen) atoms. The molecule has 0 radical (unpaired) electrons. The number of rotatable bonds is 1. The molecule has 2 heterocycles. The van der Waals surface area contributed by atoms with E-state index in [0.717, 1.165) is 6.42 Å². The van der Waals surface area contributed by atoms with Crippen molar-refractivity contribution in [3.05, 3.63) is 22.2 Å². The summed E-state index contributed by atoms with van der Waals surface area (Å²) in [6, 6.07) is 0. The van der Waals surface area contributed by atoms with Gasteiger partial charge >= 0.3 is 5.97 Å². The van der Waals surface area contributed by atoms with Crippen LogP contribution in [0.2, 0.25) is 0 Å². The lowest BCUT2D eigenvalue weighted by molar-refractivity contribution is 0.0685. The Morgan fingerprint density at radius 2 is 2.43 bits per heavy atom. The number of carboxylic acids is 1. The average Bonchev–Trinajstić information content (AvgIpc) is 2.17. The third-order valence-electron chi connectivity index (χ3n) is 2.00. The van der Waals surface area contributed by atoms with Gasteiger partial charge in [0.2, 0.25) is 5.88 Å². The predicted octanol–water partition coefficient (Wildman–Crippen LogP) is -0.276. The Kier molecular flexibility index (Phi) is 1.95. The van der Waals surface area contributed by atoms with Gasteiger partial charge in [-0.2, -0.15) is 4.98 Å². The third-order valence-corrected chi connectivity index (χ3v) is 2.00. The zero-order chi connectivity index (χ0) is 10.1. The van der Waals surface area contributed by atoms with E-state index >= 15 is 0 Å². The molecule has 1 aliphatic heterocycles. The van der Waals surface area contributed by atoms with Crippen molar-refractivity contribution in [2.24, 2.45) is 0 Å². The van der Waals surface area contributed by atoms with Crippen LogP contribution < -0.4 is 10.3 Å². The van der Waals surface area contributed by atoms with Gasteiger partial charge in [0.15, 0.2) is 5.56 Å². The summed E-state index contributed by atoms with van der Waals surface area (Å²) < 4.78 is 6.67. The van der Waals surface area contributed by atoms with E-state index in [0.29, 0.717) is 13.2 Å². The van der Waals surface area contributed by atoms with Gasteiger partial charge in [0, 0.05) is 6.54 Å². The molecular weight excluding hydrogens is 188 g/mol. The molecule has 6 heteroatoms. The zero-order valence-corrected chi connectivity index (χ0v) is 7.27. The molecule has 0 amide bonds. The number of carbonyl (C=O) groups is 1. The molecule has 0 saturated carbocycles. The van der Waals surface area contributed by atoms with E-state index in [2.05, 4.69) is 4.98 Å². The van der Waals surface area contributed by atoms with Gasteiger partial charge in [-0.25, -0.2) is 4.79 Å². The van der Waals surface area contributed by atoms with Crippen molar-refractivity contribution in [2.45, 2.75) is 13.0 Å². The second-order valence-electron chi connectivity index (χ2n) is 2.93. The summed E-state index contributed by atoms with van der Waals surface area (Å²) in [5.74, 6) is -1.18. The van der Waals surface area contributed by atoms with Gasteiger partial charge < -0.3 is 14.4 Å². The molecule has 6 nitrogen and oxygen atoms in total. The van der Waals surface area contributed by atoms with Crippen molar-refractivity contribution in [1.29, 1.82) is 0 Å². The van der Waals surface area contributed by atoms with Crippen LogP contribution in [0.15, 0.2) is 11.1 Å². The van der Waals surface area contributed by atoms with E-state index in [9.17, 15) is 9.59 Å². The fraction of sp³-hybridized carbons (Fsp3) is 0.375. The third kappa shape index (κ3) is 1.24. The first kappa shape index (κ1) is 8.74. The minimum Gasteiger partial charge on any atom is -0.478 e. The molecule has 0 fully saturated rings. The normalized spacial score (nSPS) is 14.3.